The first kappa shape index (κ1) is 22.0. The maximum absolute atomic E-state index is 12.6. The molecule has 0 radical (unpaired) electrons. The summed E-state index contributed by atoms with van der Waals surface area (Å²) in [5, 5.41) is 14.2. The van der Waals surface area contributed by atoms with Crippen molar-refractivity contribution in [2.75, 3.05) is 13.2 Å². The van der Waals surface area contributed by atoms with E-state index >= 15 is 0 Å². The number of alkyl carbamates (subject to hydrolysis) is 1. The minimum absolute atomic E-state index is 0.0188. The predicted octanol–water partition coefficient (Wildman–Crippen LogP) is 3.14. The summed E-state index contributed by atoms with van der Waals surface area (Å²) in [5.41, 5.74) is 4.74. The zero-order valence-electron chi connectivity index (χ0n) is 18.6. The summed E-state index contributed by atoms with van der Waals surface area (Å²) in [6.07, 6.45) is 1.92. The predicted molar refractivity (Wildman–Crippen MR) is 125 cm³/mol. The molecule has 0 saturated heterocycles. The number of hydrogen-bond acceptors (Lipinski definition) is 4. The highest BCUT2D eigenvalue weighted by Gasteiger charge is 2.50. The smallest absolute Gasteiger partial charge is 0.407 e. The molecule has 0 bridgehead atoms. The number of benzene rings is 2. The Hall–Kier alpha value is -3.79. The SMILES string of the molecule is O=C(O)C#CCNC(=O)C1C[C@H]2C[C@@H](NC(=O)OCC3c4ccccc4-c4ccccc43)[C@H]2C1. The molecule has 0 aromatic heterocycles. The highest BCUT2D eigenvalue weighted by atomic mass is 16.5. The Morgan fingerprint density at radius 1 is 0.971 bits per heavy atom. The summed E-state index contributed by atoms with van der Waals surface area (Å²) >= 11 is 0. The summed E-state index contributed by atoms with van der Waals surface area (Å²) in [6, 6.07) is 16.5. The maximum Gasteiger partial charge on any atom is 0.407 e. The molecule has 4 atom stereocenters. The van der Waals surface area contributed by atoms with Crippen LogP contribution in [0, 0.1) is 29.6 Å². The number of carbonyl (C=O) groups is 3. The van der Waals surface area contributed by atoms with Crippen LogP contribution in [0.4, 0.5) is 4.79 Å². The second-order valence-corrected chi connectivity index (χ2v) is 9.23. The zero-order valence-corrected chi connectivity index (χ0v) is 18.6. The molecule has 5 rings (SSSR count). The Labute approximate surface area is 197 Å². The van der Waals surface area contributed by atoms with Crippen LogP contribution < -0.4 is 10.6 Å². The molecule has 0 spiro atoms. The summed E-state index contributed by atoms with van der Waals surface area (Å²) in [6.45, 7) is 0.307. The van der Waals surface area contributed by atoms with Gasteiger partial charge in [0, 0.05) is 23.8 Å². The Bertz CT molecular complexity index is 1150. The quantitative estimate of drug-likeness (QED) is 0.597. The standard InChI is InChI=1S/C27H26N2O5/c30-25(31)10-5-11-28-26(32)17-12-16-14-24(22(16)13-17)29-27(33)34-15-23-20-8-3-1-6-18(20)19-7-2-4-9-21(19)23/h1-4,6-9,16-17,22-24H,11-15H2,(H,28,32)(H,29,33)(H,30,31)/t16-,17?,22-,24+/m0/s1. The van der Waals surface area contributed by atoms with E-state index in [0.29, 0.717) is 12.3 Å². The Kier molecular flexibility index (Phi) is 5.97. The first-order valence-corrected chi connectivity index (χ1v) is 11.6. The third-order valence-corrected chi connectivity index (χ3v) is 7.39. The third-order valence-electron chi connectivity index (χ3n) is 7.39. The van der Waals surface area contributed by atoms with E-state index in [1.165, 1.54) is 22.3 Å². The van der Waals surface area contributed by atoms with E-state index in [4.69, 9.17) is 9.84 Å². The molecule has 2 fully saturated rings. The molecule has 3 N–H and O–H groups in total. The Morgan fingerprint density at radius 2 is 1.65 bits per heavy atom. The van der Waals surface area contributed by atoms with E-state index in [-0.39, 0.29) is 42.9 Å². The van der Waals surface area contributed by atoms with Crippen LogP contribution in [-0.4, -0.2) is 42.3 Å². The number of carboxylic acids is 1. The molecule has 7 heteroatoms. The lowest BCUT2D eigenvalue weighted by Gasteiger charge is -2.40. The number of aliphatic carboxylic acids is 1. The number of hydrogen-bond donors (Lipinski definition) is 3. The van der Waals surface area contributed by atoms with Crippen molar-refractivity contribution in [2.45, 2.75) is 31.2 Å². The van der Waals surface area contributed by atoms with Crippen LogP contribution in [0.1, 0.15) is 36.3 Å². The highest BCUT2D eigenvalue weighted by molar-refractivity contribution is 5.86. The third kappa shape index (κ3) is 4.24. The zero-order chi connectivity index (χ0) is 23.7. The minimum Gasteiger partial charge on any atom is -0.472 e. The Balaban J connectivity index is 1.12. The molecule has 3 aliphatic carbocycles. The number of carboxylic acid groups (broad SMARTS) is 1. The highest BCUT2D eigenvalue weighted by Crippen LogP contribution is 2.50. The summed E-state index contributed by atoms with van der Waals surface area (Å²) < 4.78 is 5.66. The molecule has 0 heterocycles. The maximum atomic E-state index is 12.6. The van der Waals surface area contributed by atoms with Gasteiger partial charge in [0.15, 0.2) is 0 Å². The van der Waals surface area contributed by atoms with Gasteiger partial charge in [-0.15, -0.1) is 0 Å². The molecule has 2 amide bonds. The molecular weight excluding hydrogens is 432 g/mol. The first-order chi connectivity index (χ1) is 16.5. The van der Waals surface area contributed by atoms with Crippen molar-refractivity contribution in [1.82, 2.24) is 10.6 Å². The van der Waals surface area contributed by atoms with Gasteiger partial charge in [-0.2, -0.15) is 0 Å². The lowest BCUT2D eigenvalue weighted by Crippen LogP contribution is -2.50. The summed E-state index contributed by atoms with van der Waals surface area (Å²) in [4.78, 5) is 35.4. The van der Waals surface area contributed by atoms with Crippen LogP contribution in [0.3, 0.4) is 0 Å². The Morgan fingerprint density at radius 3 is 2.32 bits per heavy atom. The number of amides is 2. The lowest BCUT2D eigenvalue weighted by atomic mass is 9.71. The molecule has 2 aromatic rings. The van der Waals surface area contributed by atoms with Gasteiger partial charge in [-0.25, -0.2) is 9.59 Å². The second-order valence-electron chi connectivity index (χ2n) is 9.23. The van der Waals surface area contributed by atoms with Gasteiger partial charge < -0.3 is 20.5 Å². The molecular formula is C27H26N2O5. The van der Waals surface area contributed by atoms with E-state index in [9.17, 15) is 14.4 Å². The molecule has 0 aliphatic heterocycles. The molecule has 3 aliphatic rings. The van der Waals surface area contributed by atoms with Crippen LogP contribution in [0.25, 0.3) is 11.1 Å². The van der Waals surface area contributed by atoms with Crippen molar-refractivity contribution in [2.24, 2.45) is 17.8 Å². The van der Waals surface area contributed by atoms with Crippen LogP contribution >= 0.6 is 0 Å². The van der Waals surface area contributed by atoms with Gasteiger partial charge in [0.1, 0.15) is 6.61 Å². The fraction of sp³-hybridized carbons (Fsp3) is 0.370. The molecule has 1 unspecified atom stereocenters. The number of fused-ring (bicyclic) bond motifs is 4. The first-order valence-electron chi connectivity index (χ1n) is 11.6. The molecule has 2 aromatic carbocycles. The van der Waals surface area contributed by atoms with Crippen molar-refractivity contribution < 1.29 is 24.2 Å². The fourth-order valence-electron chi connectivity index (χ4n) is 5.79. The molecule has 7 nitrogen and oxygen atoms in total. The number of nitrogens with one attached hydrogen (secondary N) is 2. The minimum atomic E-state index is -1.21. The van der Waals surface area contributed by atoms with Crippen molar-refractivity contribution in [3.63, 3.8) is 0 Å². The van der Waals surface area contributed by atoms with Crippen molar-refractivity contribution in [3.05, 3.63) is 59.7 Å². The van der Waals surface area contributed by atoms with Crippen LogP contribution in [0.15, 0.2) is 48.5 Å². The van der Waals surface area contributed by atoms with Gasteiger partial charge in [0.05, 0.1) is 6.54 Å². The monoisotopic (exact) mass is 458 g/mol. The number of carbonyl (C=O) groups excluding carboxylic acids is 2. The van der Waals surface area contributed by atoms with Crippen LogP contribution in [-0.2, 0) is 14.3 Å². The van der Waals surface area contributed by atoms with E-state index in [1.807, 2.05) is 30.2 Å². The number of rotatable bonds is 5. The van der Waals surface area contributed by atoms with Gasteiger partial charge in [0.25, 0.3) is 0 Å². The van der Waals surface area contributed by atoms with E-state index < -0.39 is 12.1 Å². The van der Waals surface area contributed by atoms with E-state index in [0.717, 1.165) is 12.8 Å². The van der Waals surface area contributed by atoms with Gasteiger partial charge in [-0.05, 0) is 53.4 Å². The lowest BCUT2D eigenvalue weighted by molar-refractivity contribution is -0.130. The number of ether oxygens (including phenoxy) is 1. The summed E-state index contributed by atoms with van der Waals surface area (Å²) in [7, 11) is 0. The topological polar surface area (TPSA) is 105 Å². The summed E-state index contributed by atoms with van der Waals surface area (Å²) in [5.74, 6) is 3.65. The van der Waals surface area contributed by atoms with E-state index in [2.05, 4.69) is 40.8 Å². The van der Waals surface area contributed by atoms with E-state index in [1.54, 1.807) is 0 Å². The fourth-order valence-corrected chi connectivity index (χ4v) is 5.79. The normalized spacial score (nSPS) is 23.9. The molecule has 174 valence electrons. The van der Waals surface area contributed by atoms with Gasteiger partial charge in [-0.3, -0.25) is 4.79 Å². The van der Waals surface area contributed by atoms with Crippen molar-refractivity contribution >= 4 is 18.0 Å². The largest absolute Gasteiger partial charge is 0.472 e. The van der Waals surface area contributed by atoms with Gasteiger partial charge in [0.2, 0.25) is 5.91 Å². The van der Waals surface area contributed by atoms with Crippen LogP contribution in [0.2, 0.25) is 0 Å². The second kappa shape index (κ2) is 9.22. The van der Waals surface area contributed by atoms with Crippen molar-refractivity contribution in [1.29, 1.82) is 0 Å². The van der Waals surface area contributed by atoms with Gasteiger partial charge in [-0.1, -0.05) is 54.5 Å². The molecule has 2 saturated carbocycles. The van der Waals surface area contributed by atoms with Crippen LogP contribution in [0.5, 0.6) is 0 Å². The molecule has 34 heavy (non-hydrogen) atoms. The average Bonchev–Trinajstić information content (AvgIpc) is 3.34. The average molecular weight is 459 g/mol. The van der Waals surface area contributed by atoms with Gasteiger partial charge >= 0.3 is 12.1 Å². The van der Waals surface area contributed by atoms with Crippen molar-refractivity contribution in [3.8, 4) is 23.0 Å².